The van der Waals surface area contributed by atoms with E-state index < -0.39 is 0 Å². The van der Waals surface area contributed by atoms with Gasteiger partial charge in [0.2, 0.25) is 0 Å². The van der Waals surface area contributed by atoms with E-state index in [4.69, 9.17) is 0 Å². The highest BCUT2D eigenvalue weighted by Gasteiger charge is 2.34. The summed E-state index contributed by atoms with van der Waals surface area (Å²) in [6.45, 7) is 0. The van der Waals surface area contributed by atoms with Crippen molar-refractivity contribution in [3.05, 3.63) is 107 Å². The maximum Gasteiger partial charge on any atom is 0.251 e. The topological polar surface area (TPSA) is 29.1 Å². The fraction of sp³-hybridized carbons (Fsp3) is 0.136. The molecule has 1 amide bonds. The molecule has 3 aromatic carbocycles. The second-order valence-corrected chi connectivity index (χ2v) is 6.24. The second-order valence-electron chi connectivity index (χ2n) is 6.24. The average molecular weight is 313 g/mol. The van der Waals surface area contributed by atoms with Crippen LogP contribution in [0.15, 0.2) is 84.9 Å². The highest BCUT2D eigenvalue weighted by atomic mass is 16.1. The van der Waals surface area contributed by atoms with E-state index in [1.165, 1.54) is 16.7 Å². The molecule has 0 saturated heterocycles. The van der Waals surface area contributed by atoms with Crippen LogP contribution in [0.25, 0.3) is 0 Å². The number of hydrogen-bond acceptors (Lipinski definition) is 1. The number of carbonyl (C=O) groups excluding carboxylic acids is 1. The number of hydrogen-bond donors (Lipinski definition) is 1. The first-order valence-electron chi connectivity index (χ1n) is 8.31. The summed E-state index contributed by atoms with van der Waals surface area (Å²) in [5.41, 5.74) is 4.60. The maximum absolute atomic E-state index is 12.6. The molecular formula is C22H19NO. The maximum atomic E-state index is 12.6. The van der Waals surface area contributed by atoms with E-state index in [9.17, 15) is 4.79 Å². The Hall–Kier alpha value is -2.87. The van der Waals surface area contributed by atoms with E-state index in [-0.39, 0.29) is 17.9 Å². The van der Waals surface area contributed by atoms with E-state index in [0.29, 0.717) is 5.56 Å². The molecule has 2 unspecified atom stereocenters. The fourth-order valence-electron chi connectivity index (χ4n) is 3.64. The minimum absolute atomic E-state index is 0.00524. The normalized spacial score (nSPS) is 18.8. The first-order chi connectivity index (χ1) is 11.8. The summed E-state index contributed by atoms with van der Waals surface area (Å²) in [6, 6.07) is 28.5. The summed E-state index contributed by atoms with van der Waals surface area (Å²) in [4.78, 5) is 12.6. The Balaban J connectivity index is 1.66. The molecule has 1 N–H and O–H groups in total. The van der Waals surface area contributed by atoms with Gasteiger partial charge in [-0.25, -0.2) is 0 Å². The number of amides is 1. The Morgan fingerprint density at radius 3 is 2.17 bits per heavy atom. The number of nitrogens with one attached hydrogen (secondary N) is 1. The third-order valence-electron chi connectivity index (χ3n) is 4.74. The predicted molar refractivity (Wildman–Crippen MR) is 96.1 cm³/mol. The average Bonchev–Trinajstić information content (AvgIpc) is 3.01. The van der Waals surface area contributed by atoms with Gasteiger partial charge in [0, 0.05) is 17.5 Å². The Bertz CT molecular complexity index is 842. The van der Waals surface area contributed by atoms with Crippen molar-refractivity contribution in [3.8, 4) is 0 Å². The molecule has 3 aromatic rings. The lowest BCUT2D eigenvalue weighted by molar-refractivity contribution is 0.0935. The van der Waals surface area contributed by atoms with E-state index in [0.717, 1.165) is 6.42 Å². The van der Waals surface area contributed by atoms with Crippen molar-refractivity contribution in [1.82, 2.24) is 5.32 Å². The zero-order chi connectivity index (χ0) is 16.4. The van der Waals surface area contributed by atoms with Crippen LogP contribution >= 0.6 is 0 Å². The second kappa shape index (κ2) is 6.32. The lowest BCUT2D eigenvalue weighted by Crippen LogP contribution is -2.38. The number of rotatable bonds is 3. The van der Waals surface area contributed by atoms with Gasteiger partial charge in [0.25, 0.3) is 5.91 Å². The Kier molecular flexibility index (Phi) is 3.87. The van der Waals surface area contributed by atoms with Crippen molar-refractivity contribution < 1.29 is 4.79 Å². The van der Waals surface area contributed by atoms with Crippen LogP contribution in [0.4, 0.5) is 0 Å². The van der Waals surface area contributed by atoms with Gasteiger partial charge in [0.15, 0.2) is 0 Å². The highest BCUT2D eigenvalue weighted by molar-refractivity contribution is 5.94. The van der Waals surface area contributed by atoms with Gasteiger partial charge in [-0.2, -0.15) is 0 Å². The van der Waals surface area contributed by atoms with Crippen molar-refractivity contribution in [2.24, 2.45) is 0 Å². The van der Waals surface area contributed by atoms with Crippen LogP contribution in [0.2, 0.25) is 0 Å². The van der Waals surface area contributed by atoms with Crippen molar-refractivity contribution in [3.63, 3.8) is 0 Å². The lowest BCUT2D eigenvalue weighted by Gasteiger charge is -2.22. The molecule has 2 nitrogen and oxygen atoms in total. The van der Waals surface area contributed by atoms with Crippen LogP contribution < -0.4 is 5.32 Å². The minimum atomic E-state index is -0.00524. The molecule has 24 heavy (non-hydrogen) atoms. The van der Waals surface area contributed by atoms with Gasteiger partial charge in [-0.1, -0.05) is 72.8 Å². The van der Waals surface area contributed by atoms with Gasteiger partial charge in [0.05, 0.1) is 0 Å². The van der Waals surface area contributed by atoms with E-state index in [2.05, 4.69) is 53.8 Å². The molecule has 0 spiro atoms. The van der Waals surface area contributed by atoms with E-state index in [1.807, 2.05) is 36.4 Å². The summed E-state index contributed by atoms with van der Waals surface area (Å²) < 4.78 is 0. The lowest BCUT2D eigenvalue weighted by atomic mass is 9.90. The zero-order valence-electron chi connectivity index (χ0n) is 13.4. The largest absolute Gasteiger partial charge is 0.348 e. The van der Waals surface area contributed by atoms with Crippen LogP contribution in [0, 0.1) is 0 Å². The molecule has 1 aliphatic rings. The molecule has 0 fully saturated rings. The standard InChI is InChI=1S/C22H19NO/c24-22(17-11-5-2-6-12-17)23-20-15-18-13-7-8-14-19(18)21(20)16-9-3-1-4-10-16/h1-14,20-21H,15H2,(H,23,24). The van der Waals surface area contributed by atoms with Gasteiger partial charge >= 0.3 is 0 Å². The quantitative estimate of drug-likeness (QED) is 0.772. The van der Waals surface area contributed by atoms with Gasteiger partial charge in [0.1, 0.15) is 0 Å². The minimum Gasteiger partial charge on any atom is -0.348 e. The van der Waals surface area contributed by atoms with Crippen LogP contribution in [0.3, 0.4) is 0 Å². The third-order valence-corrected chi connectivity index (χ3v) is 4.74. The molecule has 1 aliphatic carbocycles. The molecule has 0 saturated carbocycles. The first-order valence-corrected chi connectivity index (χ1v) is 8.31. The van der Waals surface area contributed by atoms with Crippen molar-refractivity contribution in [2.45, 2.75) is 18.4 Å². The molecule has 0 radical (unpaired) electrons. The zero-order valence-corrected chi connectivity index (χ0v) is 13.4. The summed E-state index contributed by atoms with van der Waals surface area (Å²) in [7, 11) is 0. The molecule has 4 rings (SSSR count). The smallest absolute Gasteiger partial charge is 0.251 e. The Labute approximate surface area is 142 Å². The first kappa shape index (κ1) is 14.7. The molecular weight excluding hydrogens is 294 g/mol. The SMILES string of the molecule is O=C(NC1Cc2ccccc2C1c1ccccc1)c1ccccc1. The molecule has 2 heteroatoms. The summed E-state index contributed by atoms with van der Waals surface area (Å²) in [5, 5.41) is 3.25. The molecule has 0 bridgehead atoms. The molecule has 0 aliphatic heterocycles. The third kappa shape index (κ3) is 2.71. The molecule has 118 valence electrons. The Morgan fingerprint density at radius 2 is 1.42 bits per heavy atom. The van der Waals surface area contributed by atoms with Crippen molar-refractivity contribution >= 4 is 5.91 Å². The molecule has 0 aromatic heterocycles. The van der Waals surface area contributed by atoms with E-state index in [1.54, 1.807) is 0 Å². The fourth-order valence-corrected chi connectivity index (χ4v) is 3.64. The predicted octanol–water partition coefficient (Wildman–Crippen LogP) is 4.17. The number of benzene rings is 3. The van der Waals surface area contributed by atoms with Gasteiger partial charge in [-0.3, -0.25) is 4.79 Å². The van der Waals surface area contributed by atoms with Gasteiger partial charge in [-0.05, 0) is 35.2 Å². The van der Waals surface area contributed by atoms with Gasteiger partial charge in [-0.15, -0.1) is 0 Å². The van der Waals surface area contributed by atoms with E-state index >= 15 is 0 Å². The van der Waals surface area contributed by atoms with Gasteiger partial charge < -0.3 is 5.32 Å². The molecule has 2 atom stereocenters. The highest BCUT2D eigenvalue weighted by Crippen LogP contribution is 2.38. The van der Waals surface area contributed by atoms with Crippen molar-refractivity contribution in [2.75, 3.05) is 0 Å². The monoisotopic (exact) mass is 313 g/mol. The Morgan fingerprint density at radius 1 is 0.792 bits per heavy atom. The summed E-state index contributed by atoms with van der Waals surface area (Å²) >= 11 is 0. The van der Waals surface area contributed by atoms with Crippen LogP contribution in [0.1, 0.15) is 33.0 Å². The number of fused-ring (bicyclic) bond motifs is 1. The number of carbonyl (C=O) groups is 1. The summed E-state index contributed by atoms with van der Waals surface area (Å²) in [6.07, 6.45) is 0.869. The van der Waals surface area contributed by atoms with Crippen molar-refractivity contribution in [1.29, 1.82) is 0 Å². The van der Waals surface area contributed by atoms with Crippen LogP contribution in [-0.4, -0.2) is 11.9 Å². The summed E-state index contributed by atoms with van der Waals surface area (Å²) in [5.74, 6) is 0.199. The van der Waals surface area contributed by atoms with Crippen LogP contribution in [0.5, 0.6) is 0 Å². The molecule has 0 heterocycles. The van der Waals surface area contributed by atoms with Crippen LogP contribution in [-0.2, 0) is 6.42 Å².